The molecule has 1 amide bonds. The van der Waals surface area contributed by atoms with Crippen LogP contribution in [-0.2, 0) is 17.6 Å². The van der Waals surface area contributed by atoms with Crippen LogP contribution in [0.1, 0.15) is 34.3 Å². The molecule has 0 saturated carbocycles. The Morgan fingerprint density at radius 2 is 1.77 bits per heavy atom. The minimum Gasteiger partial charge on any atom is -0.478 e. The molecule has 4 nitrogen and oxygen atoms in total. The van der Waals surface area contributed by atoms with Crippen LogP contribution in [0.2, 0.25) is 0 Å². The number of amides is 1. The number of hydrogen-bond acceptors (Lipinski definition) is 2. The summed E-state index contributed by atoms with van der Waals surface area (Å²) in [4.78, 5) is 24.1. The highest BCUT2D eigenvalue weighted by Crippen LogP contribution is 2.33. The van der Waals surface area contributed by atoms with Crippen LogP contribution < -0.4 is 4.90 Å². The molecule has 3 rings (SSSR count). The number of aryl methyl sites for hydroxylation is 1. The van der Waals surface area contributed by atoms with E-state index in [0.717, 1.165) is 31.4 Å². The van der Waals surface area contributed by atoms with E-state index in [9.17, 15) is 9.59 Å². The molecule has 2 aromatic carbocycles. The summed E-state index contributed by atoms with van der Waals surface area (Å²) in [5.41, 5.74) is 4.32. The van der Waals surface area contributed by atoms with Gasteiger partial charge in [0.1, 0.15) is 0 Å². The Morgan fingerprint density at radius 1 is 1.05 bits per heavy atom. The first-order chi connectivity index (χ1) is 10.7. The van der Waals surface area contributed by atoms with Crippen molar-refractivity contribution in [2.75, 3.05) is 4.90 Å². The predicted molar refractivity (Wildman–Crippen MR) is 84.7 cm³/mol. The molecular formula is C18H17NO3. The molecule has 1 aliphatic rings. The van der Waals surface area contributed by atoms with Crippen LogP contribution in [-0.4, -0.2) is 17.5 Å². The minimum absolute atomic E-state index is 0.213. The fourth-order valence-electron chi connectivity index (χ4n) is 3.01. The zero-order valence-corrected chi connectivity index (χ0v) is 12.2. The van der Waals surface area contributed by atoms with Gasteiger partial charge in [-0.3, -0.25) is 9.69 Å². The van der Waals surface area contributed by atoms with Crippen LogP contribution in [0, 0.1) is 0 Å². The summed E-state index contributed by atoms with van der Waals surface area (Å²) in [7, 11) is 0. The number of carboxylic acids is 1. The molecule has 22 heavy (non-hydrogen) atoms. The molecule has 0 fully saturated rings. The number of benzene rings is 2. The molecule has 0 unspecified atom stereocenters. The van der Waals surface area contributed by atoms with Crippen LogP contribution in [0.25, 0.3) is 0 Å². The van der Waals surface area contributed by atoms with Gasteiger partial charge in [-0.05, 0) is 67.1 Å². The van der Waals surface area contributed by atoms with Gasteiger partial charge in [-0.15, -0.1) is 0 Å². The molecule has 1 N–H and O–H groups in total. The Hall–Kier alpha value is -2.62. The standard InChI is InChI=1S/C18H17NO3/c20-12-19(15-10-8-14(9-11-15)18(21)22)17-7-3-5-13-4-1-2-6-16(13)17/h3,5,7-12H,1-2,4,6H2,(H,21,22). The van der Waals surface area contributed by atoms with Gasteiger partial charge in [0.15, 0.2) is 0 Å². The Morgan fingerprint density at radius 3 is 2.45 bits per heavy atom. The molecule has 0 heterocycles. The fourth-order valence-corrected chi connectivity index (χ4v) is 3.01. The number of hydrogen-bond donors (Lipinski definition) is 1. The van der Waals surface area contributed by atoms with Crippen molar-refractivity contribution in [2.24, 2.45) is 0 Å². The molecule has 0 radical (unpaired) electrons. The number of rotatable bonds is 4. The second-order valence-corrected chi connectivity index (χ2v) is 5.45. The van der Waals surface area contributed by atoms with Crippen molar-refractivity contribution in [1.29, 1.82) is 0 Å². The van der Waals surface area contributed by atoms with E-state index in [1.54, 1.807) is 17.0 Å². The summed E-state index contributed by atoms with van der Waals surface area (Å²) in [5.74, 6) is -0.971. The third-order valence-corrected chi connectivity index (χ3v) is 4.13. The number of fused-ring (bicyclic) bond motifs is 1. The zero-order chi connectivity index (χ0) is 15.5. The largest absolute Gasteiger partial charge is 0.478 e. The summed E-state index contributed by atoms with van der Waals surface area (Å²) < 4.78 is 0. The molecule has 112 valence electrons. The first-order valence-corrected chi connectivity index (χ1v) is 7.39. The van der Waals surface area contributed by atoms with E-state index in [2.05, 4.69) is 6.07 Å². The average molecular weight is 295 g/mol. The number of anilines is 2. The second-order valence-electron chi connectivity index (χ2n) is 5.45. The molecular weight excluding hydrogens is 278 g/mol. The smallest absolute Gasteiger partial charge is 0.335 e. The maximum absolute atomic E-state index is 11.6. The lowest BCUT2D eigenvalue weighted by Gasteiger charge is -2.25. The Labute approximate surface area is 129 Å². The molecule has 4 heteroatoms. The quantitative estimate of drug-likeness (QED) is 0.877. The third kappa shape index (κ3) is 2.60. The second kappa shape index (κ2) is 6.02. The van der Waals surface area contributed by atoms with Crippen molar-refractivity contribution >= 4 is 23.8 Å². The highest BCUT2D eigenvalue weighted by Gasteiger charge is 2.18. The van der Waals surface area contributed by atoms with Gasteiger partial charge in [0.2, 0.25) is 6.41 Å². The first-order valence-electron chi connectivity index (χ1n) is 7.39. The van der Waals surface area contributed by atoms with Gasteiger partial charge in [-0.2, -0.15) is 0 Å². The van der Waals surface area contributed by atoms with Gasteiger partial charge in [0.25, 0.3) is 0 Å². The zero-order valence-electron chi connectivity index (χ0n) is 12.2. The fraction of sp³-hybridized carbons (Fsp3) is 0.222. The lowest BCUT2D eigenvalue weighted by atomic mass is 9.90. The van der Waals surface area contributed by atoms with Crippen LogP contribution in [0.5, 0.6) is 0 Å². The van der Waals surface area contributed by atoms with Crippen molar-refractivity contribution in [3.63, 3.8) is 0 Å². The molecule has 0 aliphatic heterocycles. The Kier molecular flexibility index (Phi) is 3.92. The van der Waals surface area contributed by atoms with E-state index >= 15 is 0 Å². The van der Waals surface area contributed by atoms with Crippen molar-refractivity contribution in [2.45, 2.75) is 25.7 Å². The molecule has 0 atom stereocenters. The molecule has 0 aromatic heterocycles. The van der Waals surface area contributed by atoms with E-state index in [1.807, 2.05) is 12.1 Å². The van der Waals surface area contributed by atoms with Gasteiger partial charge in [0, 0.05) is 5.69 Å². The van der Waals surface area contributed by atoms with Gasteiger partial charge >= 0.3 is 5.97 Å². The monoisotopic (exact) mass is 295 g/mol. The van der Waals surface area contributed by atoms with Crippen molar-refractivity contribution < 1.29 is 14.7 Å². The molecule has 1 aliphatic carbocycles. The number of nitrogens with zero attached hydrogens (tertiary/aromatic N) is 1. The highest BCUT2D eigenvalue weighted by atomic mass is 16.4. The van der Waals surface area contributed by atoms with E-state index < -0.39 is 5.97 Å². The molecule has 2 aromatic rings. The lowest BCUT2D eigenvalue weighted by molar-refractivity contribution is -0.106. The normalized spacial score (nSPS) is 13.3. The van der Waals surface area contributed by atoms with Gasteiger partial charge in [-0.1, -0.05) is 12.1 Å². The Balaban J connectivity index is 2.01. The minimum atomic E-state index is -0.971. The van der Waals surface area contributed by atoms with Crippen molar-refractivity contribution in [1.82, 2.24) is 0 Å². The summed E-state index contributed by atoms with van der Waals surface area (Å²) >= 11 is 0. The van der Waals surface area contributed by atoms with Crippen LogP contribution in [0.3, 0.4) is 0 Å². The van der Waals surface area contributed by atoms with E-state index in [0.29, 0.717) is 5.69 Å². The summed E-state index contributed by atoms with van der Waals surface area (Å²) in [6.07, 6.45) is 5.14. The van der Waals surface area contributed by atoms with E-state index in [1.165, 1.54) is 29.7 Å². The number of carboxylic acid groups (broad SMARTS) is 1. The Bertz CT molecular complexity index is 707. The summed E-state index contributed by atoms with van der Waals surface area (Å²) in [6, 6.07) is 12.4. The molecule has 0 bridgehead atoms. The van der Waals surface area contributed by atoms with Gasteiger partial charge in [-0.25, -0.2) is 4.79 Å². The van der Waals surface area contributed by atoms with Gasteiger partial charge < -0.3 is 5.11 Å². The maximum Gasteiger partial charge on any atom is 0.335 e. The number of aromatic carboxylic acids is 1. The number of carbonyl (C=O) groups is 2. The van der Waals surface area contributed by atoms with E-state index in [4.69, 9.17) is 5.11 Å². The summed E-state index contributed by atoms with van der Waals surface area (Å²) in [5, 5.41) is 8.96. The van der Waals surface area contributed by atoms with Crippen LogP contribution in [0.15, 0.2) is 42.5 Å². The maximum atomic E-state index is 11.6. The van der Waals surface area contributed by atoms with Crippen molar-refractivity contribution in [3.8, 4) is 0 Å². The predicted octanol–water partition coefficient (Wildman–Crippen LogP) is 3.56. The third-order valence-electron chi connectivity index (χ3n) is 4.13. The first kappa shape index (κ1) is 14.3. The van der Waals surface area contributed by atoms with Gasteiger partial charge in [0.05, 0.1) is 11.3 Å². The average Bonchev–Trinajstić information content (AvgIpc) is 2.56. The molecule has 0 saturated heterocycles. The highest BCUT2D eigenvalue weighted by molar-refractivity contribution is 5.91. The van der Waals surface area contributed by atoms with E-state index in [-0.39, 0.29) is 5.56 Å². The van der Waals surface area contributed by atoms with Crippen LogP contribution >= 0.6 is 0 Å². The number of carbonyl (C=O) groups excluding carboxylic acids is 1. The molecule has 0 spiro atoms. The van der Waals surface area contributed by atoms with Crippen molar-refractivity contribution in [3.05, 3.63) is 59.2 Å². The topological polar surface area (TPSA) is 57.6 Å². The lowest BCUT2D eigenvalue weighted by Crippen LogP contribution is -2.18. The SMILES string of the molecule is O=CN(c1ccc(C(=O)O)cc1)c1cccc2c1CCCC2. The summed E-state index contributed by atoms with van der Waals surface area (Å²) in [6.45, 7) is 0. The van der Waals surface area contributed by atoms with Crippen LogP contribution in [0.4, 0.5) is 11.4 Å².